The van der Waals surface area contributed by atoms with Gasteiger partial charge in [0.15, 0.2) is 5.60 Å². The summed E-state index contributed by atoms with van der Waals surface area (Å²) < 4.78 is 19.3. The molecule has 1 unspecified atom stereocenters. The summed E-state index contributed by atoms with van der Waals surface area (Å²) in [5, 5.41) is 0. The minimum absolute atomic E-state index is 0.0124. The average Bonchev–Trinajstić information content (AvgIpc) is 2.73. The van der Waals surface area contributed by atoms with Gasteiger partial charge in [-0.2, -0.15) is 0 Å². The van der Waals surface area contributed by atoms with Gasteiger partial charge in [-0.15, -0.1) is 0 Å². The molecule has 0 aromatic heterocycles. The van der Waals surface area contributed by atoms with Gasteiger partial charge in [-0.3, -0.25) is 9.59 Å². The predicted molar refractivity (Wildman–Crippen MR) is 119 cm³/mol. The molecule has 1 fully saturated rings. The lowest BCUT2D eigenvalue weighted by atomic mass is 9.88. The largest absolute Gasteiger partial charge is 0.361 e. The highest BCUT2D eigenvalue weighted by Gasteiger charge is 2.47. The minimum Gasteiger partial charge on any atom is -0.361 e. The van der Waals surface area contributed by atoms with E-state index in [9.17, 15) is 14.0 Å². The number of halogens is 1. The van der Waals surface area contributed by atoms with E-state index in [-0.39, 0.29) is 24.2 Å². The van der Waals surface area contributed by atoms with Crippen molar-refractivity contribution in [2.45, 2.75) is 32.8 Å². The summed E-state index contributed by atoms with van der Waals surface area (Å²) >= 11 is 0. The monoisotopic (exact) mass is 426 g/mol. The summed E-state index contributed by atoms with van der Waals surface area (Å²) in [5.74, 6) is -0.409. The Balaban J connectivity index is 1.87. The molecule has 0 bridgehead atoms. The summed E-state index contributed by atoms with van der Waals surface area (Å²) in [4.78, 5) is 29.4. The molecule has 0 aliphatic carbocycles. The van der Waals surface area contributed by atoms with Crippen LogP contribution >= 0.6 is 0 Å². The van der Waals surface area contributed by atoms with Crippen molar-refractivity contribution in [1.29, 1.82) is 0 Å². The fourth-order valence-electron chi connectivity index (χ4n) is 3.94. The van der Waals surface area contributed by atoms with Crippen LogP contribution in [0.5, 0.6) is 0 Å². The molecule has 1 heterocycles. The number of likely N-dealkylation sites (N-methyl/N-ethyl adjacent to an activating group) is 1. The number of morpholine rings is 1. The van der Waals surface area contributed by atoms with E-state index in [4.69, 9.17) is 4.74 Å². The number of carbonyl (C=O) groups excluding carboxylic acids is 2. The first kappa shape index (κ1) is 22.9. The summed E-state index contributed by atoms with van der Waals surface area (Å²) in [6.45, 7) is 6.66. The van der Waals surface area contributed by atoms with Crippen LogP contribution in [0.3, 0.4) is 0 Å². The number of ether oxygens (including phenoxy) is 1. The van der Waals surface area contributed by atoms with Crippen molar-refractivity contribution in [3.05, 3.63) is 59.9 Å². The molecule has 2 aromatic rings. The summed E-state index contributed by atoms with van der Waals surface area (Å²) in [7, 11) is 3.41. The maximum Gasteiger partial charge on any atom is 0.256 e. The Hall–Kier alpha value is -2.73. The Kier molecular flexibility index (Phi) is 6.51. The van der Waals surface area contributed by atoms with Gasteiger partial charge in [-0.1, -0.05) is 57.2 Å². The van der Waals surface area contributed by atoms with Crippen molar-refractivity contribution >= 4 is 11.8 Å². The van der Waals surface area contributed by atoms with Crippen LogP contribution in [0.2, 0.25) is 0 Å². The fraction of sp³-hybridized carbons (Fsp3) is 0.440. The molecule has 2 aromatic carbocycles. The molecule has 3 rings (SSSR count). The Morgan fingerprint density at radius 1 is 1.03 bits per heavy atom. The van der Waals surface area contributed by atoms with Crippen molar-refractivity contribution in [1.82, 2.24) is 9.80 Å². The van der Waals surface area contributed by atoms with E-state index < -0.39 is 11.0 Å². The highest BCUT2D eigenvalue weighted by atomic mass is 19.1. The van der Waals surface area contributed by atoms with Gasteiger partial charge in [-0.05, 0) is 28.8 Å². The molecule has 6 heteroatoms. The lowest BCUT2D eigenvalue weighted by molar-refractivity contribution is -0.175. The SMILES string of the molecule is CN(C)C(=O)C1(Cc2ccc(-c3ccc(F)cc3)cc2)CN(C(=O)C(C)(C)C)CCO1. The van der Waals surface area contributed by atoms with Crippen LogP contribution in [0.1, 0.15) is 26.3 Å². The standard InChI is InChI=1S/C25H31FN2O3/c1-24(2,3)22(29)28-14-15-31-25(17-28,23(30)27(4)5)16-18-6-8-19(9-7-18)20-10-12-21(26)13-11-20/h6-13H,14-17H2,1-5H3. The second-order valence-corrected chi connectivity index (χ2v) is 9.40. The first-order valence-electron chi connectivity index (χ1n) is 10.5. The van der Waals surface area contributed by atoms with Gasteiger partial charge in [0.1, 0.15) is 5.82 Å². The average molecular weight is 427 g/mol. The smallest absolute Gasteiger partial charge is 0.256 e. The number of carbonyl (C=O) groups is 2. The van der Waals surface area contributed by atoms with Crippen molar-refractivity contribution in [3.8, 4) is 11.1 Å². The van der Waals surface area contributed by atoms with Crippen LogP contribution < -0.4 is 0 Å². The van der Waals surface area contributed by atoms with Gasteiger partial charge in [0.05, 0.1) is 13.2 Å². The molecule has 0 spiro atoms. The molecule has 5 nitrogen and oxygen atoms in total. The number of amides is 2. The lowest BCUT2D eigenvalue weighted by Gasteiger charge is -2.44. The third kappa shape index (κ3) is 5.13. The zero-order chi connectivity index (χ0) is 22.8. The molecule has 31 heavy (non-hydrogen) atoms. The Bertz CT molecular complexity index is 933. The first-order valence-corrected chi connectivity index (χ1v) is 10.5. The van der Waals surface area contributed by atoms with E-state index in [0.29, 0.717) is 19.6 Å². The Labute approximate surface area is 183 Å². The van der Waals surface area contributed by atoms with Crippen molar-refractivity contribution in [2.75, 3.05) is 33.8 Å². The summed E-state index contributed by atoms with van der Waals surface area (Å²) in [6.07, 6.45) is 0.363. The third-order valence-corrected chi connectivity index (χ3v) is 5.53. The van der Waals surface area contributed by atoms with E-state index in [1.54, 1.807) is 31.1 Å². The molecular weight excluding hydrogens is 395 g/mol. The highest BCUT2D eigenvalue weighted by molar-refractivity contribution is 5.88. The van der Waals surface area contributed by atoms with Crippen LogP contribution in [-0.2, 0) is 20.7 Å². The van der Waals surface area contributed by atoms with Gasteiger partial charge in [0, 0.05) is 32.5 Å². The van der Waals surface area contributed by atoms with Crippen molar-refractivity contribution in [2.24, 2.45) is 5.41 Å². The van der Waals surface area contributed by atoms with Crippen LogP contribution in [0.25, 0.3) is 11.1 Å². The lowest BCUT2D eigenvalue weighted by Crippen LogP contribution is -2.62. The maximum atomic E-state index is 13.2. The number of hydrogen-bond donors (Lipinski definition) is 0. The summed E-state index contributed by atoms with van der Waals surface area (Å²) in [6, 6.07) is 14.2. The third-order valence-electron chi connectivity index (χ3n) is 5.53. The van der Waals surface area contributed by atoms with Gasteiger partial charge in [0.2, 0.25) is 5.91 Å². The van der Waals surface area contributed by atoms with Crippen LogP contribution in [0.4, 0.5) is 4.39 Å². The van der Waals surface area contributed by atoms with E-state index in [1.807, 2.05) is 45.0 Å². The van der Waals surface area contributed by atoms with Crippen molar-refractivity contribution < 1.29 is 18.7 Å². The van der Waals surface area contributed by atoms with Crippen molar-refractivity contribution in [3.63, 3.8) is 0 Å². The molecule has 0 saturated carbocycles. The molecule has 1 atom stereocenters. The van der Waals surface area contributed by atoms with E-state index >= 15 is 0 Å². The molecule has 2 amide bonds. The van der Waals surface area contributed by atoms with Crippen LogP contribution in [0, 0.1) is 11.2 Å². The molecular formula is C25H31FN2O3. The molecule has 1 saturated heterocycles. The molecule has 0 N–H and O–H groups in total. The minimum atomic E-state index is -1.12. The Morgan fingerprint density at radius 3 is 2.10 bits per heavy atom. The zero-order valence-electron chi connectivity index (χ0n) is 18.9. The fourth-order valence-corrected chi connectivity index (χ4v) is 3.94. The normalized spacial score (nSPS) is 19.2. The van der Waals surface area contributed by atoms with Gasteiger partial charge in [0.25, 0.3) is 5.91 Å². The summed E-state index contributed by atoms with van der Waals surface area (Å²) in [5.41, 5.74) is 1.17. The maximum absolute atomic E-state index is 13.2. The van der Waals surface area contributed by atoms with Gasteiger partial charge >= 0.3 is 0 Å². The number of benzene rings is 2. The van der Waals surface area contributed by atoms with Crippen LogP contribution in [0.15, 0.2) is 48.5 Å². The second-order valence-electron chi connectivity index (χ2n) is 9.40. The van der Waals surface area contributed by atoms with Crippen LogP contribution in [-0.4, -0.2) is 61.0 Å². The topological polar surface area (TPSA) is 49.9 Å². The van der Waals surface area contributed by atoms with E-state index in [0.717, 1.165) is 16.7 Å². The zero-order valence-corrected chi connectivity index (χ0v) is 18.9. The van der Waals surface area contributed by atoms with Gasteiger partial charge < -0.3 is 14.5 Å². The first-order chi connectivity index (χ1) is 14.5. The predicted octanol–water partition coefficient (Wildman–Crippen LogP) is 3.77. The number of rotatable bonds is 4. The quantitative estimate of drug-likeness (QED) is 0.748. The molecule has 0 radical (unpaired) electrons. The molecule has 166 valence electrons. The van der Waals surface area contributed by atoms with E-state index in [1.165, 1.54) is 17.0 Å². The molecule has 1 aliphatic rings. The second kappa shape index (κ2) is 8.79. The number of nitrogens with zero attached hydrogens (tertiary/aromatic N) is 2. The van der Waals surface area contributed by atoms with E-state index in [2.05, 4.69) is 0 Å². The number of hydrogen-bond acceptors (Lipinski definition) is 3. The Morgan fingerprint density at radius 2 is 1.58 bits per heavy atom. The highest BCUT2D eigenvalue weighted by Crippen LogP contribution is 2.29. The molecule has 1 aliphatic heterocycles. The van der Waals surface area contributed by atoms with Gasteiger partial charge in [-0.25, -0.2) is 4.39 Å².